The summed E-state index contributed by atoms with van der Waals surface area (Å²) in [6, 6.07) is 9.12. The van der Waals surface area contributed by atoms with Crippen molar-refractivity contribution in [2.24, 2.45) is 5.92 Å². The summed E-state index contributed by atoms with van der Waals surface area (Å²) in [5, 5.41) is 12.0. The van der Waals surface area contributed by atoms with Crippen LogP contribution < -0.4 is 5.32 Å². The lowest BCUT2D eigenvalue weighted by atomic mass is 9.85. The van der Waals surface area contributed by atoms with E-state index in [1.807, 2.05) is 12.1 Å². The molecule has 102 valence electrons. The fourth-order valence-corrected chi connectivity index (χ4v) is 2.48. The molecule has 0 unspecified atom stereocenters. The lowest BCUT2D eigenvalue weighted by molar-refractivity contribution is -0.182. The predicted molar refractivity (Wildman–Crippen MR) is 66.6 cm³/mol. The van der Waals surface area contributed by atoms with Crippen molar-refractivity contribution in [3.05, 3.63) is 29.8 Å². The Bertz CT molecular complexity index is 468. The first-order chi connectivity index (χ1) is 8.99. The summed E-state index contributed by atoms with van der Waals surface area (Å²) in [6.07, 6.45) is -2.67. The van der Waals surface area contributed by atoms with Gasteiger partial charge in [0.1, 0.15) is 0 Å². The second-order valence-corrected chi connectivity index (χ2v) is 4.93. The highest BCUT2D eigenvalue weighted by molar-refractivity contribution is 5.49. The number of alkyl halides is 3. The van der Waals surface area contributed by atoms with E-state index in [2.05, 4.69) is 5.32 Å². The first-order valence-corrected chi connectivity index (χ1v) is 6.32. The monoisotopic (exact) mass is 268 g/mol. The summed E-state index contributed by atoms with van der Waals surface area (Å²) in [7, 11) is 0. The van der Waals surface area contributed by atoms with Crippen molar-refractivity contribution < 1.29 is 13.2 Å². The first-order valence-electron chi connectivity index (χ1n) is 6.32. The highest BCUT2D eigenvalue weighted by atomic mass is 19.4. The Morgan fingerprint density at radius 3 is 2.42 bits per heavy atom. The van der Waals surface area contributed by atoms with Gasteiger partial charge in [0.15, 0.2) is 0 Å². The van der Waals surface area contributed by atoms with E-state index in [9.17, 15) is 13.2 Å². The minimum Gasteiger partial charge on any atom is -0.382 e. The minimum absolute atomic E-state index is 0.0625. The average molecular weight is 268 g/mol. The van der Waals surface area contributed by atoms with Crippen LogP contribution in [-0.4, -0.2) is 12.2 Å². The van der Waals surface area contributed by atoms with Crippen LogP contribution in [0.15, 0.2) is 24.3 Å². The lowest BCUT2D eigenvalue weighted by Gasteiger charge is -2.30. The molecule has 0 saturated heterocycles. The van der Waals surface area contributed by atoms with Crippen molar-refractivity contribution in [2.45, 2.75) is 37.9 Å². The number of benzene rings is 1. The summed E-state index contributed by atoms with van der Waals surface area (Å²) in [5.74, 6) is -1.16. The zero-order valence-corrected chi connectivity index (χ0v) is 10.4. The van der Waals surface area contributed by atoms with Crippen LogP contribution in [0.2, 0.25) is 0 Å². The van der Waals surface area contributed by atoms with Crippen molar-refractivity contribution in [2.75, 3.05) is 5.32 Å². The fraction of sp³-hybridized carbons (Fsp3) is 0.500. The largest absolute Gasteiger partial charge is 0.391 e. The number of rotatable bonds is 2. The Morgan fingerprint density at radius 2 is 1.84 bits per heavy atom. The molecule has 1 aromatic rings. The zero-order valence-electron chi connectivity index (χ0n) is 10.4. The summed E-state index contributed by atoms with van der Waals surface area (Å²) in [5.41, 5.74) is 1.35. The lowest BCUT2D eigenvalue weighted by Crippen LogP contribution is -2.32. The van der Waals surface area contributed by atoms with Gasteiger partial charge in [-0.25, -0.2) is 0 Å². The number of nitriles is 1. The van der Waals surface area contributed by atoms with Crippen LogP contribution in [0.3, 0.4) is 0 Å². The van der Waals surface area contributed by atoms with E-state index < -0.39 is 12.1 Å². The number of halogens is 3. The third kappa shape index (κ3) is 3.63. The van der Waals surface area contributed by atoms with E-state index in [1.165, 1.54) is 0 Å². The molecule has 2 nitrogen and oxygen atoms in total. The van der Waals surface area contributed by atoms with E-state index in [1.54, 1.807) is 18.2 Å². The van der Waals surface area contributed by atoms with Crippen LogP contribution in [0.1, 0.15) is 31.2 Å². The average Bonchev–Trinajstić information content (AvgIpc) is 2.38. The third-order valence-electron chi connectivity index (χ3n) is 3.55. The minimum atomic E-state index is -4.06. The first kappa shape index (κ1) is 13.7. The van der Waals surface area contributed by atoms with Gasteiger partial charge in [-0.05, 0) is 43.9 Å². The van der Waals surface area contributed by atoms with Gasteiger partial charge in [-0.1, -0.05) is 6.07 Å². The molecular formula is C14H15F3N2. The van der Waals surface area contributed by atoms with E-state index in [0.717, 1.165) is 5.69 Å². The van der Waals surface area contributed by atoms with E-state index >= 15 is 0 Å². The van der Waals surface area contributed by atoms with Gasteiger partial charge in [0, 0.05) is 11.7 Å². The third-order valence-corrected chi connectivity index (χ3v) is 3.55. The smallest absolute Gasteiger partial charge is 0.382 e. The molecule has 1 N–H and O–H groups in total. The van der Waals surface area contributed by atoms with Gasteiger partial charge in [0.25, 0.3) is 0 Å². The zero-order chi connectivity index (χ0) is 13.9. The number of hydrogen-bond acceptors (Lipinski definition) is 2. The topological polar surface area (TPSA) is 35.8 Å². The second kappa shape index (κ2) is 5.52. The Labute approximate surface area is 110 Å². The molecule has 1 fully saturated rings. The molecule has 0 aromatic heterocycles. The molecule has 1 saturated carbocycles. The SMILES string of the molecule is N#Cc1cccc(NC2CCC(C(F)(F)F)CC2)c1. The molecule has 0 amide bonds. The van der Waals surface area contributed by atoms with Gasteiger partial charge in [-0.15, -0.1) is 0 Å². The van der Waals surface area contributed by atoms with Crippen LogP contribution in [-0.2, 0) is 0 Å². The molecule has 0 atom stereocenters. The molecular weight excluding hydrogens is 253 g/mol. The maximum Gasteiger partial charge on any atom is 0.391 e. The molecule has 5 heteroatoms. The molecule has 0 aliphatic heterocycles. The highest BCUT2D eigenvalue weighted by Gasteiger charge is 2.41. The number of anilines is 1. The molecule has 1 aliphatic carbocycles. The molecule has 0 heterocycles. The number of nitrogens with one attached hydrogen (secondary N) is 1. The normalized spacial score (nSPS) is 23.7. The second-order valence-electron chi connectivity index (χ2n) is 4.93. The maximum absolute atomic E-state index is 12.5. The van der Waals surface area contributed by atoms with Crippen molar-refractivity contribution in [3.63, 3.8) is 0 Å². The van der Waals surface area contributed by atoms with Gasteiger partial charge in [0.2, 0.25) is 0 Å². The molecule has 1 aliphatic rings. The fourth-order valence-electron chi connectivity index (χ4n) is 2.48. The number of hydrogen-bond donors (Lipinski definition) is 1. The van der Waals surface area contributed by atoms with Crippen LogP contribution >= 0.6 is 0 Å². The van der Waals surface area contributed by atoms with Crippen molar-refractivity contribution in [1.82, 2.24) is 0 Å². The van der Waals surface area contributed by atoms with E-state index in [-0.39, 0.29) is 18.9 Å². The summed E-state index contributed by atoms with van der Waals surface area (Å²) in [6.45, 7) is 0. The van der Waals surface area contributed by atoms with Crippen molar-refractivity contribution in [1.29, 1.82) is 5.26 Å². The Hall–Kier alpha value is -1.70. The van der Waals surface area contributed by atoms with Crippen LogP contribution in [0, 0.1) is 17.2 Å². The van der Waals surface area contributed by atoms with Crippen LogP contribution in [0.5, 0.6) is 0 Å². The molecule has 0 spiro atoms. The Balaban J connectivity index is 1.91. The van der Waals surface area contributed by atoms with Crippen molar-refractivity contribution in [3.8, 4) is 6.07 Å². The number of nitrogens with zero attached hydrogens (tertiary/aromatic N) is 1. The van der Waals surface area contributed by atoms with Gasteiger partial charge in [-0.2, -0.15) is 18.4 Å². The Kier molecular flexibility index (Phi) is 3.98. The Morgan fingerprint density at radius 1 is 1.16 bits per heavy atom. The summed E-state index contributed by atoms with van der Waals surface area (Å²) in [4.78, 5) is 0. The van der Waals surface area contributed by atoms with Crippen molar-refractivity contribution >= 4 is 5.69 Å². The van der Waals surface area contributed by atoms with Crippen LogP contribution in [0.25, 0.3) is 0 Å². The summed E-state index contributed by atoms with van der Waals surface area (Å²) >= 11 is 0. The van der Waals surface area contributed by atoms with E-state index in [4.69, 9.17) is 5.26 Å². The van der Waals surface area contributed by atoms with Gasteiger partial charge < -0.3 is 5.32 Å². The molecule has 0 bridgehead atoms. The maximum atomic E-state index is 12.5. The van der Waals surface area contributed by atoms with Crippen LogP contribution in [0.4, 0.5) is 18.9 Å². The van der Waals surface area contributed by atoms with Gasteiger partial charge in [-0.3, -0.25) is 0 Å². The van der Waals surface area contributed by atoms with Gasteiger partial charge in [0.05, 0.1) is 17.6 Å². The van der Waals surface area contributed by atoms with Gasteiger partial charge >= 0.3 is 6.18 Å². The predicted octanol–water partition coefficient (Wildman–Crippen LogP) is 4.09. The molecule has 2 rings (SSSR count). The highest BCUT2D eigenvalue weighted by Crippen LogP contribution is 2.38. The molecule has 0 radical (unpaired) electrons. The molecule has 1 aromatic carbocycles. The van der Waals surface area contributed by atoms with E-state index in [0.29, 0.717) is 18.4 Å². The quantitative estimate of drug-likeness (QED) is 0.876. The summed E-state index contributed by atoms with van der Waals surface area (Å²) < 4.78 is 37.6. The molecule has 19 heavy (non-hydrogen) atoms. The standard InChI is InChI=1S/C14H15F3N2/c15-14(16,17)11-4-6-12(7-5-11)19-13-3-1-2-10(8-13)9-18/h1-3,8,11-12,19H,4-7H2.